The molecular weight excluding hydrogens is 308 g/mol. The zero-order valence-electron chi connectivity index (χ0n) is 10.2. The lowest BCUT2D eigenvalue weighted by molar-refractivity contribution is 0.526. The summed E-state index contributed by atoms with van der Waals surface area (Å²) >= 11 is 3.36. The van der Waals surface area contributed by atoms with E-state index in [0.717, 1.165) is 28.5 Å². The van der Waals surface area contributed by atoms with Crippen molar-refractivity contribution in [3.63, 3.8) is 0 Å². The highest BCUT2D eigenvalue weighted by molar-refractivity contribution is 9.10. The van der Waals surface area contributed by atoms with Crippen molar-refractivity contribution in [1.82, 2.24) is 19.3 Å². The number of halogens is 1. The molecule has 0 spiro atoms. The minimum Gasteiger partial charge on any atom is -0.306 e. The number of aryl methyl sites for hydroxylation is 2. The van der Waals surface area contributed by atoms with Crippen LogP contribution >= 0.6 is 15.9 Å². The summed E-state index contributed by atoms with van der Waals surface area (Å²) in [6.07, 6.45) is 4.55. The van der Waals surface area contributed by atoms with Crippen LogP contribution in [0.15, 0.2) is 45.9 Å². The first-order chi connectivity index (χ1) is 9.24. The third-order valence-electron chi connectivity index (χ3n) is 3.05. The van der Waals surface area contributed by atoms with Gasteiger partial charge in [-0.1, -0.05) is 12.1 Å². The molecule has 0 saturated carbocycles. The van der Waals surface area contributed by atoms with Crippen molar-refractivity contribution in [2.24, 2.45) is 0 Å². The van der Waals surface area contributed by atoms with Crippen molar-refractivity contribution >= 4 is 27.0 Å². The molecule has 98 valence electrons. The molecule has 1 aromatic carbocycles. The minimum atomic E-state index is -0.0529. The third kappa shape index (κ3) is 2.49. The lowest BCUT2D eigenvalue weighted by Crippen LogP contribution is -2.17. The minimum absolute atomic E-state index is 0.0529. The Labute approximate surface area is 118 Å². The van der Waals surface area contributed by atoms with Crippen LogP contribution in [0.3, 0.4) is 0 Å². The van der Waals surface area contributed by atoms with Crippen LogP contribution in [0.2, 0.25) is 0 Å². The van der Waals surface area contributed by atoms with Crippen LogP contribution in [0.25, 0.3) is 11.0 Å². The second-order valence-corrected chi connectivity index (χ2v) is 5.29. The smallest absolute Gasteiger partial charge is 0.306 e. The molecule has 0 radical (unpaired) electrons. The molecule has 3 aromatic rings. The van der Waals surface area contributed by atoms with Crippen molar-refractivity contribution in [3.8, 4) is 0 Å². The first-order valence-electron chi connectivity index (χ1n) is 6.09. The van der Waals surface area contributed by atoms with Gasteiger partial charge in [0.25, 0.3) is 0 Å². The number of para-hydroxylation sites is 2. The molecule has 0 bridgehead atoms. The molecule has 0 fully saturated rings. The van der Waals surface area contributed by atoms with Gasteiger partial charge >= 0.3 is 5.69 Å². The van der Waals surface area contributed by atoms with Crippen LogP contribution in [0.5, 0.6) is 0 Å². The number of H-pyrrole nitrogens is 1. The zero-order chi connectivity index (χ0) is 13.2. The standard InChI is InChI=1S/C13H13BrN4O/c14-10-8-15-17(9-10)6-3-7-18-12-5-2-1-4-11(12)16-13(18)19/h1-2,4-5,8-9H,3,6-7H2,(H,16,19). The Morgan fingerprint density at radius 1 is 1.26 bits per heavy atom. The Bertz CT molecular complexity index is 755. The predicted octanol–water partition coefficient (Wildman–Crippen LogP) is 2.38. The lowest BCUT2D eigenvalue weighted by Gasteiger charge is -2.03. The number of hydrogen-bond donors (Lipinski definition) is 1. The molecule has 0 amide bonds. The molecule has 3 rings (SSSR count). The highest BCUT2D eigenvalue weighted by Crippen LogP contribution is 2.10. The lowest BCUT2D eigenvalue weighted by atomic mass is 10.3. The van der Waals surface area contributed by atoms with E-state index in [-0.39, 0.29) is 5.69 Å². The van der Waals surface area contributed by atoms with Gasteiger partial charge in [-0.3, -0.25) is 9.25 Å². The molecule has 0 aliphatic heterocycles. The second kappa shape index (κ2) is 5.05. The van der Waals surface area contributed by atoms with Crippen molar-refractivity contribution in [2.45, 2.75) is 19.5 Å². The van der Waals surface area contributed by atoms with E-state index in [4.69, 9.17) is 0 Å². The second-order valence-electron chi connectivity index (χ2n) is 4.37. The van der Waals surface area contributed by atoms with Crippen molar-refractivity contribution in [2.75, 3.05) is 0 Å². The van der Waals surface area contributed by atoms with Gasteiger partial charge in [0.05, 0.1) is 21.7 Å². The Morgan fingerprint density at radius 3 is 2.89 bits per heavy atom. The molecule has 1 N–H and O–H groups in total. The quantitative estimate of drug-likeness (QED) is 0.802. The number of aromatic amines is 1. The maximum atomic E-state index is 11.9. The summed E-state index contributed by atoms with van der Waals surface area (Å²) in [6.45, 7) is 1.47. The molecule has 19 heavy (non-hydrogen) atoms. The van der Waals surface area contributed by atoms with E-state index >= 15 is 0 Å². The largest absolute Gasteiger partial charge is 0.326 e. The SMILES string of the molecule is O=c1[nH]c2ccccc2n1CCCn1cc(Br)cn1. The molecule has 0 unspecified atom stereocenters. The van der Waals surface area contributed by atoms with Gasteiger partial charge in [0.1, 0.15) is 0 Å². The van der Waals surface area contributed by atoms with Gasteiger partial charge in [0.15, 0.2) is 0 Å². The van der Waals surface area contributed by atoms with Crippen LogP contribution in [0.1, 0.15) is 6.42 Å². The predicted molar refractivity (Wildman–Crippen MR) is 77.1 cm³/mol. The van der Waals surface area contributed by atoms with Crippen LogP contribution in [0.4, 0.5) is 0 Å². The van der Waals surface area contributed by atoms with Gasteiger partial charge in [0, 0.05) is 19.3 Å². The van der Waals surface area contributed by atoms with Crippen LogP contribution in [-0.4, -0.2) is 19.3 Å². The first kappa shape index (κ1) is 12.2. The fourth-order valence-corrected chi connectivity index (χ4v) is 2.51. The number of rotatable bonds is 4. The third-order valence-corrected chi connectivity index (χ3v) is 3.46. The molecular formula is C13H13BrN4O. The average molecular weight is 321 g/mol. The molecule has 0 saturated heterocycles. The molecule has 5 nitrogen and oxygen atoms in total. The Balaban J connectivity index is 1.75. The van der Waals surface area contributed by atoms with Gasteiger partial charge in [0.2, 0.25) is 0 Å². The van der Waals surface area contributed by atoms with E-state index in [1.165, 1.54) is 0 Å². The van der Waals surface area contributed by atoms with Crippen molar-refractivity contribution in [1.29, 1.82) is 0 Å². The van der Waals surface area contributed by atoms with E-state index in [2.05, 4.69) is 26.0 Å². The number of nitrogens with zero attached hydrogens (tertiary/aromatic N) is 3. The van der Waals surface area contributed by atoms with Crippen LogP contribution in [-0.2, 0) is 13.1 Å². The van der Waals surface area contributed by atoms with Gasteiger partial charge in [-0.15, -0.1) is 0 Å². The number of imidazole rings is 1. The summed E-state index contributed by atoms with van der Waals surface area (Å²) in [5.41, 5.74) is 1.78. The number of benzene rings is 1. The molecule has 6 heteroatoms. The Morgan fingerprint density at radius 2 is 2.11 bits per heavy atom. The summed E-state index contributed by atoms with van der Waals surface area (Å²) in [4.78, 5) is 14.7. The number of aromatic nitrogens is 4. The Hall–Kier alpha value is -1.82. The van der Waals surface area contributed by atoms with E-state index in [1.54, 1.807) is 10.8 Å². The van der Waals surface area contributed by atoms with Crippen molar-refractivity contribution < 1.29 is 0 Å². The summed E-state index contributed by atoms with van der Waals surface area (Å²) < 4.78 is 4.61. The zero-order valence-corrected chi connectivity index (χ0v) is 11.8. The monoisotopic (exact) mass is 320 g/mol. The maximum Gasteiger partial charge on any atom is 0.326 e. The summed E-state index contributed by atoms with van der Waals surface area (Å²) in [7, 11) is 0. The van der Waals surface area contributed by atoms with Gasteiger partial charge in [-0.2, -0.15) is 5.10 Å². The molecule has 2 aromatic heterocycles. The highest BCUT2D eigenvalue weighted by Gasteiger charge is 2.05. The van der Waals surface area contributed by atoms with Gasteiger partial charge < -0.3 is 4.98 Å². The fourth-order valence-electron chi connectivity index (χ4n) is 2.18. The normalized spacial score (nSPS) is 11.2. The summed E-state index contributed by atoms with van der Waals surface area (Å²) in [5.74, 6) is 0. The molecule has 0 aliphatic carbocycles. The van der Waals surface area contributed by atoms with E-state index in [9.17, 15) is 4.79 Å². The van der Waals surface area contributed by atoms with E-state index in [1.807, 2.05) is 35.1 Å². The summed E-state index contributed by atoms with van der Waals surface area (Å²) in [5, 5.41) is 4.19. The van der Waals surface area contributed by atoms with Crippen LogP contribution in [0, 0.1) is 0 Å². The molecule has 2 heterocycles. The van der Waals surface area contributed by atoms with E-state index in [0.29, 0.717) is 6.54 Å². The van der Waals surface area contributed by atoms with Gasteiger partial charge in [-0.25, -0.2) is 4.79 Å². The van der Waals surface area contributed by atoms with Crippen molar-refractivity contribution in [3.05, 3.63) is 51.6 Å². The number of nitrogens with one attached hydrogen (secondary N) is 1. The topological polar surface area (TPSA) is 55.6 Å². The van der Waals surface area contributed by atoms with Crippen LogP contribution < -0.4 is 5.69 Å². The number of hydrogen-bond acceptors (Lipinski definition) is 2. The maximum absolute atomic E-state index is 11.9. The fraction of sp³-hybridized carbons (Fsp3) is 0.231. The first-order valence-corrected chi connectivity index (χ1v) is 6.89. The van der Waals surface area contributed by atoms with E-state index < -0.39 is 0 Å². The molecule has 0 atom stereocenters. The average Bonchev–Trinajstić information content (AvgIpc) is 2.94. The molecule has 0 aliphatic rings. The highest BCUT2D eigenvalue weighted by atomic mass is 79.9. The van der Waals surface area contributed by atoms with Gasteiger partial charge in [-0.05, 0) is 34.5 Å². The number of fused-ring (bicyclic) bond motifs is 1. The summed E-state index contributed by atoms with van der Waals surface area (Å²) in [6, 6.07) is 7.73. The Kier molecular flexibility index (Phi) is 3.25.